The molecule has 1 aromatic carbocycles. The monoisotopic (exact) mass is 190 g/mol. The standard InChI is InChI=1S/C13H18O/c1-3-12(4-2)10-14-11-13-8-6-5-7-9-13/h3,5-9,12H,1,4,10-11H2,2H3/t12-/m1/s1. The zero-order valence-corrected chi connectivity index (χ0v) is 8.78. The predicted octanol–water partition coefficient (Wildman–Crippen LogP) is 3.42. The highest BCUT2D eigenvalue weighted by atomic mass is 16.5. The van der Waals surface area contributed by atoms with Crippen LogP contribution in [0.15, 0.2) is 43.0 Å². The van der Waals surface area contributed by atoms with E-state index >= 15 is 0 Å². The first-order chi connectivity index (χ1) is 6.86. The molecule has 76 valence electrons. The van der Waals surface area contributed by atoms with Gasteiger partial charge in [-0.25, -0.2) is 0 Å². The van der Waals surface area contributed by atoms with Gasteiger partial charge >= 0.3 is 0 Å². The topological polar surface area (TPSA) is 9.23 Å². The van der Waals surface area contributed by atoms with E-state index in [9.17, 15) is 0 Å². The Bertz CT molecular complexity index is 253. The number of rotatable bonds is 6. The summed E-state index contributed by atoms with van der Waals surface area (Å²) < 4.78 is 5.59. The van der Waals surface area contributed by atoms with Crippen molar-refractivity contribution >= 4 is 0 Å². The van der Waals surface area contributed by atoms with E-state index in [1.807, 2.05) is 24.3 Å². The smallest absolute Gasteiger partial charge is 0.0717 e. The summed E-state index contributed by atoms with van der Waals surface area (Å²) in [4.78, 5) is 0. The van der Waals surface area contributed by atoms with Crippen molar-refractivity contribution in [2.45, 2.75) is 20.0 Å². The Kier molecular flexibility index (Phi) is 5.02. The molecule has 0 spiro atoms. The van der Waals surface area contributed by atoms with Crippen LogP contribution in [-0.2, 0) is 11.3 Å². The van der Waals surface area contributed by atoms with Crippen LogP contribution in [0.3, 0.4) is 0 Å². The molecule has 0 radical (unpaired) electrons. The first kappa shape index (κ1) is 11.0. The Balaban J connectivity index is 2.25. The largest absolute Gasteiger partial charge is 0.376 e. The molecule has 1 rings (SSSR count). The first-order valence-corrected chi connectivity index (χ1v) is 5.11. The predicted molar refractivity (Wildman–Crippen MR) is 60.1 cm³/mol. The quantitative estimate of drug-likeness (QED) is 0.624. The van der Waals surface area contributed by atoms with Gasteiger partial charge in [-0.05, 0) is 17.9 Å². The molecular formula is C13H18O. The Morgan fingerprint density at radius 2 is 2.07 bits per heavy atom. The van der Waals surface area contributed by atoms with Gasteiger partial charge in [0.1, 0.15) is 0 Å². The van der Waals surface area contributed by atoms with E-state index in [-0.39, 0.29) is 0 Å². The molecule has 0 aliphatic heterocycles. The van der Waals surface area contributed by atoms with Crippen molar-refractivity contribution in [3.63, 3.8) is 0 Å². The van der Waals surface area contributed by atoms with Gasteiger partial charge in [-0.3, -0.25) is 0 Å². The van der Waals surface area contributed by atoms with Crippen molar-refractivity contribution in [1.29, 1.82) is 0 Å². The van der Waals surface area contributed by atoms with Crippen LogP contribution in [-0.4, -0.2) is 6.61 Å². The molecular weight excluding hydrogens is 172 g/mol. The van der Waals surface area contributed by atoms with Gasteiger partial charge in [-0.2, -0.15) is 0 Å². The molecule has 1 nitrogen and oxygen atoms in total. The van der Waals surface area contributed by atoms with Crippen molar-refractivity contribution in [1.82, 2.24) is 0 Å². The molecule has 1 heteroatoms. The number of ether oxygens (including phenoxy) is 1. The highest BCUT2D eigenvalue weighted by Gasteiger charge is 2.00. The summed E-state index contributed by atoms with van der Waals surface area (Å²) in [6.07, 6.45) is 3.06. The first-order valence-electron chi connectivity index (χ1n) is 5.11. The van der Waals surface area contributed by atoms with Crippen LogP contribution in [0.4, 0.5) is 0 Å². The van der Waals surface area contributed by atoms with Crippen LogP contribution in [0.5, 0.6) is 0 Å². The molecule has 0 N–H and O–H groups in total. The molecule has 0 aliphatic rings. The van der Waals surface area contributed by atoms with E-state index in [0.717, 1.165) is 13.0 Å². The van der Waals surface area contributed by atoms with Gasteiger partial charge in [0.2, 0.25) is 0 Å². The van der Waals surface area contributed by atoms with Crippen molar-refractivity contribution in [3.05, 3.63) is 48.6 Å². The second-order valence-electron chi connectivity index (χ2n) is 3.40. The maximum Gasteiger partial charge on any atom is 0.0717 e. The molecule has 0 fully saturated rings. The summed E-state index contributed by atoms with van der Waals surface area (Å²) in [6.45, 7) is 7.40. The molecule has 0 aliphatic carbocycles. The molecule has 0 bridgehead atoms. The average molecular weight is 190 g/mol. The lowest BCUT2D eigenvalue weighted by molar-refractivity contribution is 0.0986. The molecule has 0 amide bonds. The van der Waals surface area contributed by atoms with Gasteiger partial charge in [0.15, 0.2) is 0 Å². The summed E-state index contributed by atoms with van der Waals surface area (Å²) in [5, 5.41) is 0. The minimum Gasteiger partial charge on any atom is -0.376 e. The van der Waals surface area contributed by atoms with E-state index in [0.29, 0.717) is 12.5 Å². The SMILES string of the molecule is C=C[C@H](CC)COCc1ccccc1. The molecule has 14 heavy (non-hydrogen) atoms. The maximum atomic E-state index is 5.59. The van der Waals surface area contributed by atoms with Crippen molar-refractivity contribution in [3.8, 4) is 0 Å². The third-order valence-corrected chi connectivity index (χ3v) is 2.30. The van der Waals surface area contributed by atoms with E-state index < -0.39 is 0 Å². The fourth-order valence-electron chi connectivity index (χ4n) is 1.25. The van der Waals surface area contributed by atoms with Gasteiger partial charge in [0.25, 0.3) is 0 Å². The van der Waals surface area contributed by atoms with E-state index in [2.05, 4.69) is 25.6 Å². The average Bonchev–Trinajstić information content (AvgIpc) is 2.26. The molecule has 0 unspecified atom stereocenters. The van der Waals surface area contributed by atoms with Crippen LogP contribution in [0.1, 0.15) is 18.9 Å². The maximum absolute atomic E-state index is 5.59. The van der Waals surface area contributed by atoms with E-state index in [4.69, 9.17) is 4.74 Å². The van der Waals surface area contributed by atoms with Gasteiger partial charge in [-0.15, -0.1) is 6.58 Å². The van der Waals surface area contributed by atoms with E-state index in [1.54, 1.807) is 0 Å². The molecule has 0 saturated heterocycles. The molecule has 0 heterocycles. The lowest BCUT2D eigenvalue weighted by atomic mass is 10.1. The fraction of sp³-hybridized carbons (Fsp3) is 0.385. The molecule has 0 aromatic heterocycles. The van der Waals surface area contributed by atoms with Gasteiger partial charge < -0.3 is 4.74 Å². The minimum atomic E-state index is 0.485. The van der Waals surface area contributed by atoms with Crippen LogP contribution in [0.25, 0.3) is 0 Å². The summed E-state index contributed by atoms with van der Waals surface area (Å²) in [6, 6.07) is 10.2. The van der Waals surface area contributed by atoms with Gasteiger partial charge in [-0.1, -0.05) is 43.3 Å². The second-order valence-corrected chi connectivity index (χ2v) is 3.40. The Labute approximate surface area is 86.4 Å². The van der Waals surface area contributed by atoms with Gasteiger partial charge in [0, 0.05) is 0 Å². The Morgan fingerprint density at radius 1 is 1.36 bits per heavy atom. The second kappa shape index (κ2) is 6.39. The van der Waals surface area contributed by atoms with Crippen LogP contribution >= 0.6 is 0 Å². The highest BCUT2D eigenvalue weighted by molar-refractivity contribution is 5.13. The van der Waals surface area contributed by atoms with Crippen LogP contribution in [0.2, 0.25) is 0 Å². The number of hydrogen-bond acceptors (Lipinski definition) is 1. The number of benzene rings is 1. The Hall–Kier alpha value is -1.08. The zero-order valence-electron chi connectivity index (χ0n) is 8.78. The minimum absolute atomic E-state index is 0.485. The normalized spacial score (nSPS) is 12.4. The molecule has 1 aromatic rings. The summed E-state index contributed by atoms with van der Waals surface area (Å²) in [7, 11) is 0. The summed E-state index contributed by atoms with van der Waals surface area (Å²) >= 11 is 0. The molecule has 0 saturated carbocycles. The van der Waals surface area contributed by atoms with Crippen molar-refractivity contribution in [2.24, 2.45) is 5.92 Å². The summed E-state index contributed by atoms with van der Waals surface area (Å²) in [5.41, 5.74) is 1.23. The van der Waals surface area contributed by atoms with Crippen molar-refractivity contribution < 1.29 is 4.74 Å². The number of hydrogen-bond donors (Lipinski definition) is 0. The highest BCUT2D eigenvalue weighted by Crippen LogP contribution is 2.06. The Morgan fingerprint density at radius 3 is 2.64 bits per heavy atom. The lowest BCUT2D eigenvalue weighted by Gasteiger charge is -2.10. The van der Waals surface area contributed by atoms with Crippen LogP contribution in [0, 0.1) is 5.92 Å². The third kappa shape index (κ3) is 3.75. The third-order valence-electron chi connectivity index (χ3n) is 2.30. The fourth-order valence-corrected chi connectivity index (χ4v) is 1.25. The van der Waals surface area contributed by atoms with Crippen molar-refractivity contribution in [2.75, 3.05) is 6.61 Å². The van der Waals surface area contributed by atoms with Crippen LogP contribution < -0.4 is 0 Å². The molecule has 1 atom stereocenters. The zero-order chi connectivity index (χ0) is 10.2. The summed E-state index contributed by atoms with van der Waals surface area (Å²) in [5.74, 6) is 0.485. The van der Waals surface area contributed by atoms with Gasteiger partial charge in [0.05, 0.1) is 13.2 Å². The lowest BCUT2D eigenvalue weighted by Crippen LogP contribution is -2.05. The van der Waals surface area contributed by atoms with E-state index in [1.165, 1.54) is 5.56 Å².